The lowest BCUT2D eigenvalue weighted by atomic mass is 9.98. The second-order valence-corrected chi connectivity index (χ2v) is 6.43. The van der Waals surface area contributed by atoms with E-state index in [0.29, 0.717) is 5.11 Å². The smallest absolute Gasteiger partial charge is 0.172 e. The molecule has 4 heteroatoms. The van der Waals surface area contributed by atoms with Gasteiger partial charge in [-0.05, 0) is 48.8 Å². The third-order valence-corrected chi connectivity index (χ3v) is 4.28. The van der Waals surface area contributed by atoms with Crippen LogP contribution >= 0.6 is 12.2 Å². The Morgan fingerprint density at radius 1 is 0.880 bits per heavy atom. The lowest BCUT2D eigenvalue weighted by molar-refractivity contribution is 0.768. The maximum atomic E-state index is 5.54. The zero-order valence-corrected chi connectivity index (χ0v) is 15.2. The van der Waals surface area contributed by atoms with Gasteiger partial charge in [-0.15, -0.1) is 0 Å². The second-order valence-electron chi connectivity index (χ2n) is 6.02. The number of aryl methyl sites for hydroxylation is 2. The molecular weight excluding hydrogens is 326 g/mol. The molecule has 3 rings (SSSR count). The van der Waals surface area contributed by atoms with Crippen molar-refractivity contribution in [2.24, 2.45) is 0 Å². The summed E-state index contributed by atoms with van der Waals surface area (Å²) in [4.78, 5) is 4.34. The number of pyridine rings is 1. The number of nitrogens with zero attached hydrogens (tertiary/aromatic N) is 1. The summed E-state index contributed by atoms with van der Waals surface area (Å²) in [5.74, 6) is 0.774. The Morgan fingerprint density at radius 3 is 2.24 bits per heavy atom. The molecule has 2 N–H and O–H groups in total. The van der Waals surface area contributed by atoms with Crippen LogP contribution in [0.25, 0.3) is 0 Å². The number of rotatable bonds is 4. The van der Waals surface area contributed by atoms with E-state index >= 15 is 0 Å². The maximum Gasteiger partial charge on any atom is 0.172 e. The molecule has 1 heterocycles. The van der Waals surface area contributed by atoms with Crippen LogP contribution in [0, 0.1) is 13.8 Å². The number of nitrogens with one attached hydrogen (secondary N) is 2. The minimum atomic E-state index is -0.0224. The fourth-order valence-corrected chi connectivity index (χ4v) is 2.87. The third-order valence-electron chi connectivity index (χ3n) is 4.06. The van der Waals surface area contributed by atoms with Crippen molar-refractivity contribution in [2.75, 3.05) is 5.32 Å². The van der Waals surface area contributed by atoms with Crippen molar-refractivity contribution in [3.8, 4) is 0 Å². The van der Waals surface area contributed by atoms with Crippen LogP contribution < -0.4 is 10.6 Å². The van der Waals surface area contributed by atoms with Gasteiger partial charge in [0.05, 0.1) is 6.04 Å². The lowest BCUT2D eigenvalue weighted by Crippen LogP contribution is -2.33. The molecule has 126 valence electrons. The molecule has 3 aromatic rings. The highest BCUT2D eigenvalue weighted by Crippen LogP contribution is 2.22. The summed E-state index contributed by atoms with van der Waals surface area (Å²) in [6, 6.07) is 22.7. The summed E-state index contributed by atoms with van der Waals surface area (Å²) in [6.45, 7) is 4.09. The molecular formula is C21H21N3S. The van der Waals surface area contributed by atoms with Crippen molar-refractivity contribution >= 4 is 23.1 Å². The molecule has 0 saturated heterocycles. The Morgan fingerprint density at radius 2 is 1.56 bits per heavy atom. The third kappa shape index (κ3) is 4.43. The molecule has 0 bridgehead atoms. The van der Waals surface area contributed by atoms with E-state index in [9.17, 15) is 0 Å². The fourth-order valence-electron chi connectivity index (χ4n) is 2.65. The molecule has 0 aliphatic carbocycles. The van der Waals surface area contributed by atoms with Gasteiger partial charge in [0.15, 0.2) is 5.11 Å². The molecule has 1 atom stereocenters. The van der Waals surface area contributed by atoms with Gasteiger partial charge in [-0.3, -0.25) is 0 Å². The molecule has 0 amide bonds. The van der Waals surface area contributed by atoms with Gasteiger partial charge in [-0.25, -0.2) is 4.98 Å². The molecule has 0 radical (unpaired) electrons. The van der Waals surface area contributed by atoms with Crippen molar-refractivity contribution < 1.29 is 0 Å². The fraction of sp³-hybridized carbons (Fsp3) is 0.143. The molecule has 0 aliphatic rings. The molecule has 0 saturated carbocycles. The minimum absolute atomic E-state index is 0.0224. The van der Waals surface area contributed by atoms with Crippen molar-refractivity contribution in [1.29, 1.82) is 0 Å². The number of thiocarbonyl (C=S) groups is 1. The molecule has 0 aliphatic heterocycles. The van der Waals surface area contributed by atoms with Crippen LogP contribution in [0.1, 0.15) is 28.3 Å². The Balaban J connectivity index is 1.84. The first-order chi connectivity index (χ1) is 12.1. The van der Waals surface area contributed by atoms with Gasteiger partial charge >= 0.3 is 0 Å². The Bertz CT molecular complexity index is 845. The standard InChI is InChI=1S/C21H21N3S/c1-15-10-12-18(13-11-15)19(17-8-4-3-5-9-17)23-21(25)24-20-16(2)7-6-14-22-20/h3-14,19H,1-2H3,(H2,22,23,24,25)/t19-/m0/s1. The van der Waals surface area contributed by atoms with Gasteiger partial charge in [0.2, 0.25) is 0 Å². The first-order valence-corrected chi connectivity index (χ1v) is 8.65. The highest BCUT2D eigenvalue weighted by atomic mass is 32.1. The largest absolute Gasteiger partial charge is 0.351 e. The highest BCUT2D eigenvalue weighted by Gasteiger charge is 2.15. The predicted octanol–water partition coefficient (Wildman–Crippen LogP) is 4.77. The molecule has 0 spiro atoms. The van der Waals surface area contributed by atoms with Crippen molar-refractivity contribution in [3.05, 3.63) is 95.2 Å². The molecule has 0 unspecified atom stereocenters. The van der Waals surface area contributed by atoms with E-state index in [4.69, 9.17) is 12.2 Å². The van der Waals surface area contributed by atoms with E-state index in [-0.39, 0.29) is 6.04 Å². The summed E-state index contributed by atoms with van der Waals surface area (Å²) in [5.41, 5.74) is 4.62. The average molecular weight is 347 g/mol. The number of hydrogen-bond donors (Lipinski definition) is 2. The van der Waals surface area contributed by atoms with Gasteiger partial charge in [0.1, 0.15) is 5.82 Å². The number of aromatic nitrogens is 1. The number of hydrogen-bond acceptors (Lipinski definition) is 2. The molecule has 3 nitrogen and oxygen atoms in total. The van der Waals surface area contributed by atoms with Crippen molar-refractivity contribution in [2.45, 2.75) is 19.9 Å². The van der Waals surface area contributed by atoms with Gasteiger partial charge in [-0.1, -0.05) is 66.2 Å². The first-order valence-electron chi connectivity index (χ1n) is 8.24. The van der Waals surface area contributed by atoms with E-state index in [1.807, 2.05) is 37.3 Å². The Kier molecular flexibility index (Phi) is 5.41. The highest BCUT2D eigenvalue weighted by molar-refractivity contribution is 7.80. The van der Waals surface area contributed by atoms with E-state index < -0.39 is 0 Å². The van der Waals surface area contributed by atoms with Crippen molar-refractivity contribution in [1.82, 2.24) is 10.3 Å². The van der Waals surface area contributed by atoms with E-state index in [1.165, 1.54) is 11.1 Å². The first kappa shape index (κ1) is 17.1. The topological polar surface area (TPSA) is 37.0 Å². The van der Waals surface area contributed by atoms with E-state index in [0.717, 1.165) is 16.9 Å². The van der Waals surface area contributed by atoms with E-state index in [1.54, 1.807) is 6.20 Å². The quantitative estimate of drug-likeness (QED) is 0.666. The summed E-state index contributed by atoms with van der Waals surface area (Å²) < 4.78 is 0. The van der Waals surface area contributed by atoms with Crippen LogP contribution in [-0.2, 0) is 0 Å². The van der Waals surface area contributed by atoms with Crippen molar-refractivity contribution in [3.63, 3.8) is 0 Å². The van der Waals surface area contributed by atoms with Gasteiger partial charge < -0.3 is 10.6 Å². The Labute approximate surface area is 154 Å². The summed E-state index contributed by atoms with van der Waals surface area (Å²) in [5, 5.41) is 7.18. The molecule has 0 fully saturated rings. The Hall–Kier alpha value is -2.72. The number of benzene rings is 2. The van der Waals surface area contributed by atoms with Crippen LogP contribution in [0.4, 0.5) is 5.82 Å². The SMILES string of the molecule is Cc1ccc([C@@H](NC(=S)Nc2ncccc2C)c2ccccc2)cc1. The van der Waals surface area contributed by atoms with E-state index in [2.05, 4.69) is 58.9 Å². The van der Waals surface area contributed by atoms with Crippen LogP contribution in [-0.4, -0.2) is 10.1 Å². The number of anilines is 1. The summed E-state index contributed by atoms with van der Waals surface area (Å²) >= 11 is 5.54. The van der Waals surface area contributed by atoms with Crippen LogP contribution in [0.3, 0.4) is 0 Å². The average Bonchev–Trinajstić information content (AvgIpc) is 2.63. The normalized spacial score (nSPS) is 11.6. The zero-order chi connectivity index (χ0) is 17.6. The minimum Gasteiger partial charge on any atom is -0.351 e. The van der Waals surface area contributed by atoms with Crippen LogP contribution in [0.2, 0.25) is 0 Å². The molecule has 1 aromatic heterocycles. The molecule has 25 heavy (non-hydrogen) atoms. The lowest BCUT2D eigenvalue weighted by Gasteiger charge is -2.22. The van der Waals surface area contributed by atoms with Gasteiger partial charge in [-0.2, -0.15) is 0 Å². The van der Waals surface area contributed by atoms with Crippen LogP contribution in [0.5, 0.6) is 0 Å². The molecule has 2 aromatic carbocycles. The summed E-state index contributed by atoms with van der Waals surface area (Å²) in [7, 11) is 0. The monoisotopic (exact) mass is 347 g/mol. The van der Waals surface area contributed by atoms with Gasteiger partial charge in [0.25, 0.3) is 0 Å². The predicted molar refractivity (Wildman–Crippen MR) is 108 cm³/mol. The summed E-state index contributed by atoms with van der Waals surface area (Å²) in [6.07, 6.45) is 1.76. The second kappa shape index (κ2) is 7.90. The van der Waals surface area contributed by atoms with Gasteiger partial charge in [0, 0.05) is 6.20 Å². The zero-order valence-electron chi connectivity index (χ0n) is 14.4. The maximum absolute atomic E-state index is 5.54. The van der Waals surface area contributed by atoms with Crippen LogP contribution in [0.15, 0.2) is 72.9 Å².